The van der Waals surface area contributed by atoms with Gasteiger partial charge < -0.3 is 5.32 Å². The van der Waals surface area contributed by atoms with Gasteiger partial charge in [-0.1, -0.05) is 47.5 Å². The molecule has 1 aliphatic rings. The molecular formula is C21H23Cl2NOS. The average Bonchev–Trinajstić information content (AvgIpc) is 2.64. The third kappa shape index (κ3) is 5.18. The van der Waals surface area contributed by atoms with Crippen molar-refractivity contribution in [3.8, 4) is 0 Å². The van der Waals surface area contributed by atoms with E-state index in [-0.39, 0.29) is 11.9 Å². The third-order valence-electron chi connectivity index (χ3n) is 4.74. The maximum absolute atomic E-state index is 12.2. The minimum Gasteiger partial charge on any atom is -0.349 e. The zero-order valence-electron chi connectivity index (χ0n) is 14.9. The van der Waals surface area contributed by atoms with Gasteiger partial charge in [-0.3, -0.25) is 4.79 Å². The average molecular weight is 408 g/mol. The molecule has 1 atom stereocenters. The number of fused-ring (bicyclic) bond motifs is 1. The first-order chi connectivity index (χ1) is 12.5. The second kappa shape index (κ2) is 9.16. The van der Waals surface area contributed by atoms with Crippen molar-refractivity contribution in [1.82, 2.24) is 5.32 Å². The lowest BCUT2D eigenvalue weighted by atomic mass is 9.89. The van der Waals surface area contributed by atoms with Crippen LogP contribution in [0.15, 0.2) is 36.4 Å². The van der Waals surface area contributed by atoms with Crippen LogP contribution in [0.5, 0.6) is 0 Å². The molecule has 0 unspecified atom stereocenters. The Kier molecular flexibility index (Phi) is 6.91. The number of nitrogens with one attached hydrogen (secondary N) is 1. The van der Waals surface area contributed by atoms with E-state index < -0.39 is 0 Å². The lowest BCUT2D eigenvalue weighted by molar-refractivity contribution is -0.119. The Morgan fingerprint density at radius 2 is 1.85 bits per heavy atom. The van der Waals surface area contributed by atoms with Crippen LogP contribution in [0, 0.1) is 0 Å². The molecule has 1 N–H and O–H groups in total. The normalized spacial score (nSPS) is 14.6. The summed E-state index contributed by atoms with van der Waals surface area (Å²) in [4.78, 5) is 12.2. The van der Waals surface area contributed by atoms with E-state index in [9.17, 15) is 4.79 Å². The fourth-order valence-electron chi connectivity index (χ4n) is 3.28. The van der Waals surface area contributed by atoms with Gasteiger partial charge in [-0.25, -0.2) is 0 Å². The summed E-state index contributed by atoms with van der Waals surface area (Å²) >= 11 is 13.5. The highest BCUT2D eigenvalue weighted by Gasteiger charge is 2.14. The molecule has 138 valence electrons. The highest BCUT2D eigenvalue weighted by molar-refractivity contribution is 7.99. The molecule has 0 heterocycles. The van der Waals surface area contributed by atoms with Crippen molar-refractivity contribution >= 4 is 40.9 Å². The van der Waals surface area contributed by atoms with Crippen LogP contribution >= 0.6 is 35.0 Å². The number of halogens is 2. The van der Waals surface area contributed by atoms with Crippen LogP contribution in [0.2, 0.25) is 10.0 Å². The van der Waals surface area contributed by atoms with E-state index in [0.717, 1.165) is 17.7 Å². The Labute approximate surface area is 169 Å². The summed E-state index contributed by atoms with van der Waals surface area (Å²) in [5, 5.41) is 4.21. The quantitative estimate of drug-likeness (QED) is 0.637. The van der Waals surface area contributed by atoms with Crippen molar-refractivity contribution < 1.29 is 4.79 Å². The predicted molar refractivity (Wildman–Crippen MR) is 112 cm³/mol. The molecule has 0 saturated carbocycles. The van der Waals surface area contributed by atoms with Crippen molar-refractivity contribution in [3.63, 3.8) is 0 Å². The number of carbonyl (C=O) groups excluding carboxylic acids is 1. The van der Waals surface area contributed by atoms with Gasteiger partial charge >= 0.3 is 0 Å². The second-order valence-corrected chi connectivity index (χ2v) is 8.57. The monoisotopic (exact) mass is 407 g/mol. The first kappa shape index (κ1) is 19.6. The van der Waals surface area contributed by atoms with Crippen LogP contribution in [0.3, 0.4) is 0 Å². The van der Waals surface area contributed by atoms with Gasteiger partial charge in [-0.2, -0.15) is 0 Å². The number of carbonyl (C=O) groups is 1. The Hall–Kier alpha value is -1.16. The highest BCUT2D eigenvalue weighted by atomic mass is 35.5. The molecule has 26 heavy (non-hydrogen) atoms. The molecule has 0 aromatic heterocycles. The van der Waals surface area contributed by atoms with E-state index in [1.165, 1.54) is 36.0 Å². The summed E-state index contributed by atoms with van der Waals surface area (Å²) in [6, 6.07) is 12.3. The molecule has 2 aromatic carbocycles. The van der Waals surface area contributed by atoms with Gasteiger partial charge in [0.25, 0.3) is 0 Å². The van der Waals surface area contributed by atoms with Crippen molar-refractivity contribution in [2.45, 2.75) is 44.4 Å². The minimum absolute atomic E-state index is 0.0281. The largest absolute Gasteiger partial charge is 0.349 e. The Morgan fingerprint density at radius 1 is 1.08 bits per heavy atom. The van der Waals surface area contributed by atoms with Crippen molar-refractivity contribution in [2.24, 2.45) is 0 Å². The van der Waals surface area contributed by atoms with Crippen molar-refractivity contribution in [2.75, 3.05) is 5.75 Å². The van der Waals surface area contributed by atoms with Gasteiger partial charge in [0.15, 0.2) is 0 Å². The number of hydrogen-bond acceptors (Lipinski definition) is 2. The highest BCUT2D eigenvalue weighted by Crippen LogP contribution is 2.26. The fraction of sp³-hybridized carbons (Fsp3) is 0.381. The number of benzene rings is 2. The maximum Gasteiger partial charge on any atom is 0.230 e. The van der Waals surface area contributed by atoms with E-state index in [2.05, 4.69) is 23.5 Å². The molecule has 0 fully saturated rings. The summed E-state index contributed by atoms with van der Waals surface area (Å²) < 4.78 is 0. The van der Waals surface area contributed by atoms with Gasteiger partial charge in [-0.05, 0) is 67.0 Å². The SMILES string of the molecule is C[C@H](NC(=O)CSCc1ccc(Cl)c(Cl)c1)c1ccc2c(c1)CCCC2. The molecule has 1 amide bonds. The number of aryl methyl sites for hydroxylation is 2. The molecule has 3 rings (SSSR count). The lowest BCUT2D eigenvalue weighted by Gasteiger charge is -2.20. The molecule has 5 heteroatoms. The van der Waals surface area contributed by atoms with Gasteiger partial charge in [0.05, 0.1) is 21.8 Å². The van der Waals surface area contributed by atoms with Gasteiger partial charge in [0.1, 0.15) is 0 Å². The Balaban J connectivity index is 1.49. The van der Waals surface area contributed by atoms with Crippen LogP contribution in [0.25, 0.3) is 0 Å². The minimum atomic E-state index is 0.0281. The smallest absolute Gasteiger partial charge is 0.230 e. The maximum atomic E-state index is 12.2. The summed E-state index contributed by atoms with van der Waals surface area (Å²) in [5.74, 6) is 1.22. The summed E-state index contributed by atoms with van der Waals surface area (Å²) in [5.41, 5.74) is 5.17. The zero-order valence-corrected chi connectivity index (χ0v) is 17.2. The van der Waals surface area contributed by atoms with Gasteiger partial charge in [-0.15, -0.1) is 11.8 Å². The Morgan fingerprint density at radius 3 is 2.62 bits per heavy atom. The lowest BCUT2D eigenvalue weighted by Crippen LogP contribution is -2.28. The molecule has 0 bridgehead atoms. The summed E-state index contributed by atoms with van der Waals surface area (Å²) in [6.45, 7) is 2.05. The Bertz CT molecular complexity index is 794. The number of amides is 1. The van der Waals surface area contributed by atoms with Gasteiger partial charge in [0, 0.05) is 5.75 Å². The summed E-state index contributed by atoms with van der Waals surface area (Å²) in [7, 11) is 0. The molecule has 2 nitrogen and oxygen atoms in total. The molecule has 1 aliphatic carbocycles. The zero-order chi connectivity index (χ0) is 18.5. The topological polar surface area (TPSA) is 29.1 Å². The first-order valence-corrected chi connectivity index (χ1v) is 10.9. The van der Waals surface area contributed by atoms with E-state index in [1.54, 1.807) is 17.8 Å². The standard InChI is InChI=1S/C21H23Cl2NOS/c1-14(17-8-7-16-4-2-3-5-18(16)11-17)24-21(25)13-26-12-15-6-9-19(22)20(23)10-15/h6-11,14H,2-5,12-13H2,1H3,(H,24,25)/t14-/m0/s1. The second-order valence-electron chi connectivity index (χ2n) is 6.77. The van der Waals surface area contributed by atoms with Crippen LogP contribution in [0.1, 0.15) is 48.1 Å². The molecule has 0 saturated heterocycles. The number of hydrogen-bond donors (Lipinski definition) is 1. The summed E-state index contributed by atoms with van der Waals surface area (Å²) in [6.07, 6.45) is 4.89. The van der Waals surface area contributed by atoms with E-state index >= 15 is 0 Å². The molecule has 0 radical (unpaired) electrons. The van der Waals surface area contributed by atoms with E-state index in [0.29, 0.717) is 15.8 Å². The van der Waals surface area contributed by atoms with Gasteiger partial charge in [0.2, 0.25) is 5.91 Å². The molecule has 2 aromatic rings. The number of rotatable bonds is 6. The van der Waals surface area contributed by atoms with Crippen LogP contribution in [0.4, 0.5) is 0 Å². The van der Waals surface area contributed by atoms with Crippen molar-refractivity contribution in [1.29, 1.82) is 0 Å². The van der Waals surface area contributed by atoms with E-state index in [4.69, 9.17) is 23.2 Å². The fourth-order valence-corrected chi connectivity index (χ4v) is 4.39. The third-order valence-corrected chi connectivity index (χ3v) is 6.48. The number of thioether (sulfide) groups is 1. The molecule has 0 aliphatic heterocycles. The van der Waals surface area contributed by atoms with Crippen LogP contribution in [-0.2, 0) is 23.4 Å². The molecular weight excluding hydrogens is 385 g/mol. The van der Waals surface area contributed by atoms with Crippen LogP contribution in [-0.4, -0.2) is 11.7 Å². The van der Waals surface area contributed by atoms with Crippen molar-refractivity contribution in [3.05, 3.63) is 68.7 Å². The molecule has 0 spiro atoms. The van der Waals surface area contributed by atoms with Crippen LogP contribution < -0.4 is 5.32 Å². The first-order valence-electron chi connectivity index (χ1n) is 8.95. The van der Waals surface area contributed by atoms with E-state index in [1.807, 2.05) is 19.1 Å². The predicted octanol–water partition coefficient (Wildman–Crippen LogP) is 5.98.